The van der Waals surface area contributed by atoms with Crippen molar-refractivity contribution in [2.45, 2.75) is 12.8 Å². The minimum atomic E-state index is -4.80. The summed E-state index contributed by atoms with van der Waals surface area (Å²) in [4.78, 5) is 12.6. The summed E-state index contributed by atoms with van der Waals surface area (Å²) in [5.41, 5.74) is -1.00. The van der Waals surface area contributed by atoms with Crippen LogP contribution in [0.15, 0.2) is 36.0 Å². The third kappa shape index (κ3) is 4.91. The predicted octanol–water partition coefficient (Wildman–Crippen LogP) is 2.88. The molecular weight excluding hydrogens is 278 g/mol. The van der Waals surface area contributed by atoms with Crippen molar-refractivity contribution < 1.29 is 27.1 Å². The molecule has 0 atom stereocenters. The first-order valence-corrected chi connectivity index (χ1v) is 5.57. The Labute approximate surface area is 113 Å². The van der Waals surface area contributed by atoms with Crippen molar-refractivity contribution in [1.29, 1.82) is 0 Å². The average molecular weight is 291 g/mol. The molecule has 0 unspecified atom stereocenters. The highest BCUT2D eigenvalue weighted by Crippen LogP contribution is 2.27. The van der Waals surface area contributed by atoms with Crippen molar-refractivity contribution in [1.82, 2.24) is 4.90 Å². The van der Waals surface area contributed by atoms with E-state index in [2.05, 4.69) is 4.74 Å². The van der Waals surface area contributed by atoms with E-state index in [4.69, 9.17) is 0 Å². The topological polar surface area (TPSA) is 29.5 Å². The van der Waals surface area contributed by atoms with Crippen molar-refractivity contribution in [2.75, 3.05) is 14.1 Å². The summed E-state index contributed by atoms with van der Waals surface area (Å²) >= 11 is 0. The van der Waals surface area contributed by atoms with Gasteiger partial charge in [-0.2, -0.15) is 13.2 Å². The summed E-state index contributed by atoms with van der Waals surface area (Å²) in [6, 6.07) is 4.91. The molecule has 1 aromatic carbocycles. The molecule has 110 valence electrons. The predicted molar refractivity (Wildman–Crippen MR) is 64.0 cm³/mol. The number of ether oxygens (including phenoxy) is 1. The van der Waals surface area contributed by atoms with Gasteiger partial charge in [0, 0.05) is 20.3 Å². The molecule has 0 aromatic heterocycles. The molecule has 1 aromatic rings. The summed E-state index contributed by atoms with van der Waals surface area (Å²) in [5, 5.41) is 0. The summed E-state index contributed by atoms with van der Waals surface area (Å²) < 4.78 is 55.2. The molecule has 0 fully saturated rings. The van der Waals surface area contributed by atoms with Crippen molar-refractivity contribution >= 4 is 5.97 Å². The van der Waals surface area contributed by atoms with E-state index in [1.54, 1.807) is 0 Å². The lowest BCUT2D eigenvalue weighted by Crippen LogP contribution is -2.24. The fourth-order valence-electron chi connectivity index (χ4n) is 1.31. The van der Waals surface area contributed by atoms with Crippen molar-refractivity contribution in [2.24, 2.45) is 0 Å². The van der Waals surface area contributed by atoms with E-state index in [-0.39, 0.29) is 6.61 Å². The van der Waals surface area contributed by atoms with Crippen LogP contribution in [0.2, 0.25) is 0 Å². The zero-order chi connectivity index (χ0) is 15.3. The quantitative estimate of drug-likeness (QED) is 0.485. The Hall–Kier alpha value is -2.05. The van der Waals surface area contributed by atoms with E-state index < -0.39 is 23.5 Å². The Kier molecular flexibility index (Phi) is 5.12. The molecule has 20 heavy (non-hydrogen) atoms. The van der Waals surface area contributed by atoms with Gasteiger partial charge in [0.25, 0.3) is 0 Å². The molecule has 0 aliphatic heterocycles. The lowest BCUT2D eigenvalue weighted by Gasteiger charge is -2.14. The lowest BCUT2D eigenvalue weighted by atomic mass is 10.2. The second-order valence-electron chi connectivity index (χ2n) is 4.21. The van der Waals surface area contributed by atoms with Gasteiger partial charge >= 0.3 is 12.1 Å². The molecule has 3 nitrogen and oxygen atoms in total. The van der Waals surface area contributed by atoms with Crippen LogP contribution in [0.25, 0.3) is 0 Å². The first kappa shape index (κ1) is 16.0. The van der Waals surface area contributed by atoms with Gasteiger partial charge in [0.05, 0.1) is 0 Å². The van der Waals surface area contributed by atoms with Gasteiger partial charge in [-0.15, -0.1) is 0 Å². The average Bonchev–Trinajstić information content (AvgIpc) is 2.33. The summed E-state index contributed by atoms with van der Waals surface area (Å²) in [6.07, 6.45) is -4.16. The van der Waals surface area contributed by atoms with Crippen molar-refractivity contribution in [3.63, 3.8) is 0 Å². The van der Waals surface area contributed by atoms with Crippen LogP contribution < -0.4 is 0 Å². The smallest absolute Gasteiger partial charge is 0.424 e. The molecule has 0 saturated heterocycles. The summed E-state index contributed by atoms with van der Waals surface area (Å²) in [6.45, 7) is -0.361. The molecule has 7 heteroatoms. The lowest BCUT2D eigenvalue weighted by molar-refractivity contribution is -0.152. The Balaban J connectivity index is 2.75. The highest BCUT2D eigenvalue weighted by Gasteiger charge is 2.40. The number of hydrogen-bond acceptors (Lipinski definition) is 3. The molecule has 1 rings (SSSR count). The minimum absolute atomic E-state index is 0.361. The van der Waals surface area contributed by atoms with Crippen LogP contribution in [0.4, 0.5) is 17.6 Å². The maximum absolute atomic E-state index is 12.7. The minimum Gasteiger partial charge on any atom is -0.457 e. The number of nitrogens with zero attached hydrogens (tertiary/aromatic N) is 1. The number of rotatable bonds is 4. The van der Waals surface area contributed by atoms with Gasteiger partial charge in [-0.3, -0.25) is 0 Å². The molecule has 0 heterocycles. The van der Waals surface area contributed by atoms with E-state index in [0.717, 1.165) is 17.0 Å². The van der Waals surface area contributed by atoms with Crippen LogP contribution in [0, 0.1) is 5.82 Å². The van der Waals surface area contributed by atoms with E-state index in [1.165, 1.54) is 26.2 Å². The molecule has 0 N–H and O–H groups in total. The Bertz CT molecular complexity index is 492. The number of carbonyl (C=O) groups is 1. The molecule has 0 aliphatic rings. The molecule has 0 saturated carbocycles. The number of hydrogen-bond donors (Lipinski definition) is 0. The third-order valence-electron chi connectivity index (χ3n) is 2.20. The molecule has 0 radical (unpaired) electrons. The zero-order valence-corrected chi connectivity index (χ0v) is 10.9. The highest BCUT2D eigenvalue weighted by atomic mass is 19.4. The Morgan fingerprint density at radius 1 is 1.25 bits per heavy atom. The van der Waals surface area contributed by atoms with E-state index in [0.29, 0.717) is 11.8 Å². The van der Waals surface area contributed by atoms with Gasteiger partial charge < -0.3 is 9.64 Å². The van der Waals surface area contributed by atoms with Crippen LogP contribution in [0.1, 0.15) is 5.56 Å². The SMILES string of the molecule is CN(C)C=C(C(=O)OCc1ccc(F)cc1)C(F)(F)F. The first-order chi connectivity index (χ1) is 9.20. The van der Waals surface area contributed by atoms with Gasteiger partial charge in [0.1, 0.15) is 12.4 Å². The second kappa shape index (κ2) is 6.40. The fraction of sp³-hybridized carbons (Fsp3) is 0.308. The van der Waals surface area contributed by atoms with Gasteiger partial charge in [-0.1, -0.05) is 12.1 Å². The number of alkyl halides is 3. The maximum Gasteiger partial charge on any atom is 0.424 e. The van der Waals surface area contributed by atoms with E-state index in [1.807, 2.05) is 0 Å². The number of halogens is 4. The largest absolute Gasteiger partial charge is 0.457 e. The summed E-state index contributed by atoms with van der Waals surface area (Å²) in [7, 11) is 2.72. The van der Waals surface area contributed by atoms with Gasteiger partial charge in [-0.25, -0.2) is 9.18 Å². The second-order valence-corrected chi connectivity index (χ2v) is 4.21. The molecule has 0 aliphatic carbocycles. The van der Waals surface area contributed by atoms with Gasteiger partial charge in [0.15, 0.2) is 5.57 Å². The molecular formula is C13H13F4NO2. The van der Waals surface area contributed by atoms with Crippen LogP contribution >= 0.6 is 0 Å². The van der Waals surface area contributed by atoms with Crippen molar-refractivity contribution in [3.8, 4) is 0 Å². The number of carbonyl (C=O) groups excluding carboxylic acids is 1. The van der Waals surface area contributed by atoms with Crippen LogP contribution in [0.3, 0.4) is 0 Å². The fourth-order valence-corrected chi connectivity index (χ4v) is 1.31. The highest BCUT2D eigenvalue weighted by molar-refractivity contribution is 5.89. The normalized spacial score (nSPS) is 12.2. The Morgan fingerprint density at radius 3 is 2.25 bits per heavy atom. The third-order valence-corrected chi connectivity index (χ3v) is 2.20. The molecule has 0 amide bonds. The van der Waals surface area contributed by atoms with Gasteiger partial charge in [0.2, 0.25) is 0 Å². The van der Waals surface area contributed by atoms with Crippen molar-refractivity contribution in [3.05, 3.63) is 47.4 Å². The Morgan fingerprint density at radius 2 is 1.80 bits per heavy atom. The molecule has 0 bridgehead atoms. The number of esters is 1. The number of benzene rings is 1. The summed E-state index contributed by atoms with van der Waals surface area (Å²) in [5.74, 6) is -1.96. The zero-order valence-electron chi connectivity index (χ0n) is 10.9. The van der Waals surface area contributed by atoms with E-state index in [9.17, 15) is 22.4 Å². The first-order valence-electron chi connectivity index (χ1n) is 5.57. The van der Waals surface area contributed by atoms with E-state index >= 15 is 0 Å². The van der Waals surface area contributed by atoms with Crippen LogP contribution in [-0.2, 0) is 16.1 Å². The van der Waals surface area contributed by atoms with Crippen LogP contribution in [-0.4, -0.2) is 31.1 Å². The maximum atomic E-state index is 12.7. The van der Waals surface area contributed by atoms with Gasteiger partial charge in [-0.05, 0) is 17.7 Å². The monoisotopic (exact) mass is 291 g/mol. The molecule has 0 spiro atoms. The standard InChI is InChI=1S/C13H13F4NO2/c1-18(2)7-11(13(15,16)17)12(19)20-8-9-3-5-10(14)6-4-9/h3-7H,8H2,1-2H3. The van der Waals surface area contributed by atoms with Crippen LogP contribution in [0.5, 0.6) is 0 Å².